The van der Waals surface area contributed by atoms with Crippen LogP contribution in [-0.2, 0) is 5.60 Å². The number of nitrogens with two attached hydrogens (primary N) is 1. The molecule has 0 aromatic heterocycles. The summed E-state index contributed by atoms with van der Waals surface area (Å²) < 4.78 is 76.2. The van der Waals surface area contributed by atoms with Crippen molar-refractivity contribution < 1.29 is 31.4 Å². The number of hydrogen-bond donors (Lipinski definition) is 2. The van der Waals surface area contributed by atoms with E-state index in [1.54, 1.807) is 0 Å². The highest BCUT2D eigenvalue weighted by atomic mass is 35.5. The average molecular weight is 335 g/mol. The van der Waals surface area contributed by atoms with Gasteiger partial charge in [0.25, 0.3) is 5.60 Å². The molecule has 0 fully saturated rings. The quantitative estimate of drug-likeness (QED) is 0.386. The molecule has 0 aliphatic heterocycles. The highest BCUT2D eigenvalue weighted by Gasteiger charge is 2.71. The van der Waals surface area contributed by atoms with E-state index in [0.29, 0.717) is 12.1 Å². The fraction of sp³-hybridized carbons (Fsp3) is 0.364. The van der Waals surface area contributed by atoms with Crippen LogP contribution in [0.4, 0.5) is 32.0 Å². The first-order valence-corrected chi connectivity index (χ1v) is 5.82. The van der Waals surface area contributed by atoms with Crippen molar-refractivity contribution in [2.45, 2.75) is 18.0 Å². The Bertz CT molecular complexity index is 526. The monoisotopic (exact) mass is 334 g/mol. The highest BCUT2D eigenvalue weighted by Crippen LogP contribution is 2.50. The Morgan fingerprint density at radius 1 is 1.14 bits per heavy atom. The van der Waals surface area contributed by atoms with Gasteiger partial charge in [-0.25, -0.2) is 4.99 Å². The van der Waals surface area contributed by atoms with Crippen LogP contribution in [0.1, 0.15) is 5.56 Å². The van der Waals surface area contributed by atoms with Crippen LogP contribution in [0.15, 0.2) is 29.3 Å². The first kappa shape index (κ1) is 17.6. The van der Waals surface area contributed by atoms with E-state index in [9.17, 15) is 31.4 Å². The average Bonchev–Trinajstić information content (AvgIpc) is 2.35. The van der Waals surface area contributed by atoms with Crippen molar-refractivity contribution in [2.75, 3.05) is 5.88 Å². The van der Waals surface area contributed by atoms with E-state index in [1.165, 1.54) is 0 Å². The van der Waals surface area contributed by atoms with Gasteiger partial charge in [0.2, 0.25) is 0 Å². The summed E-state index contributed by atoms with van der Waals surface area (Å²) in [6.45, 7) is 0. The first-order valence-electron chi connectivity index (χ1n) is 5.29. The molecule has 0 saturated carbocycles. The zero-order valence-electron chi connectivity index (χ0n) is 10.1. The third-order valence-electron chi connectivity index (χ3n) is 2.49. The zero-order chi connectivity index (χ0) is 16.5. The highest BCUT2D eigenvalue weighted by molar-refractivity contribution is 6.28. The molecule has 0 unspecified atom stereocenters. The first-order chi connectivity index (χ1) is 9.43. The standard InChI is InChI=1S/C11H9ClF6N2O/c12-5-8(19)20-7-3-1-2-6(4-7)9(21,10(13,14)15)11(16,17)18/h1-4,21H,5H2,(H2,19,20). The summed E-state index contributed by atoms with van der Waals surface area (Å²) in [7, 11) is 0. The van der Waals surface area contributed by atoms with E-state index in [2.05, 4.69) is 4.99 Å². The van der Waals surface area contributed by atoms with Crippen LogP contribution in [0.25, 0.3) is 0 Å². The van der Waals surface area contributed by atoms with E-state index in [-0.39, 0.29) is 17.4 Å². The Morgan fingerprint density at radius 3 is 2.10 bits per heavy atom. The molecule has 3 N–H and O–H groups in total. The Labute approximate surface area is 120 Å². The second-order valence-corrected chi connectivity index (χ2v) is 4.26. The number of aliphatic imine (C=N–C) groups is 1. The van der Waals surface area contributed by atoms with Gasteiger partial charge in [-0.3, -0.25) is 0 Å². The van der Waals surface area contributed by atoms with Crippen LogP contribution in [0.2, 0.25) is 0 Å². The van der Waals surface area contributed by atoms with E-state index in [4.69, 9.17) is 17.3 Å². The number of nitrogens with zero attached hydrogens (tertiary/aromatic N) is 1. The van der Waals surface area contributed by atoms with Gasteiger partial charge in [-0.05, 0) is 12.1 Å². The molecule has 0 aliphatic rings. The van der Waals surface area contributed by atoms with Crippen molar-refractivity contribution >= 4 is 23.1 Å². The molecule has 10 heteroatoms. The van der Waals surface area contributed by atoms with Gasteiger partial charge in [0, 0.05) is 5.56 Å². The number of rotatable bonds is 3. The molecule has 3 nitrogen and oxygen atoms in total. The van der Waals surface area contributed by atoms with Crippen LogP contribution in [0, 0.1) is 0 Å². The minimum Gasteiger partial charge on any atom is -0.386 e. The molecule has 0 bridgehead atoms. The van der Waals surface area contributed by atoms with Crippen molar-refractivity contribution in [1.82, 2.24) is 0 Å². The Kier molecular flexibility index (Phi) is 4.79. The van der Waals surface area contributed by atoms with Gasteiger partial charge in [0.05, 0.1) is 11.6 Å². The van der Waals surface area contributed by atoms with Crippen LogP contribution in [-0.4, -0.2) is 29.2 Å². The zero-order valence-corrected chi connectivity index (χ0v) is 10.9. The number of aliphatic hydroxyl groups is 1. The second-order valence-electron chi connectivity index (χ2n) is 3.99. The molecule has 0 saturated heterocycles. The molecule has 1 rings (SSSR count). The minimum absolute atomic E-state index is 0.198. The van der Waals surface area contributed by atoms with E-state index < -0.39 is 23.5 Å². The molecule has 21 heavy (non-hydrogen) atoms. The Balaban J connectivity index is 3.45. The second kappa shape index (κ2) is 5.72. The molecule has 118 valence electrons. The summed E-state index contributed by atoms with van der Waals surface area (Å²) in [5.41, 5.74) is -1.46. The lowest BCUT2D eigenvalue weighted by Crippen LogP contribution is -2.53. The van der Waals surface area contributed by atoms with Crippen molar-refractivity contribution in [3.05, 3.63) is 29.8 Å². The third kappa shape index (κ3) is 3.41. The summed E-state index contributed by atoms with van der Waals surface area (Å²) in [6, 6.07) is 2.95. The van der Waals surface area contributed by atoms with Crippen LogP contribution in [0.3, 0.4) is 0 Å². The van der Waals surface area contributed by atoms with Gasteiger partial charge in [-0.1, -0.05) is 12.1 Å². The summed E-state index contributed by atoms with van der Waals surface area (Å²) in [5.74, 6) is -0.455. The van der Waals surface area contributed by atoms with Gasteiger partial charge in [-0.2, -0.15) is 26.3 Å². The molecule has 0 atom stereocenters. The topological polar surface area (TPSA) is 58.6 Å². The van der Waals surface area contributed by atoms with Crippen molar-refractivity contribution in [1.29, 1.82) is 0 Å². The molecule has 0 amide bonds. The molecular weight excluding hydrogens is 326 g/mol. The van der Waals surface area contributed by atoms with Crippen molar-refractivity contribution in [3.8, 4) is 0 Å². The maximum atomic E-state index is 12.7. The molecule has 0 heterocycles. The molecule has 1 aromatic rings. The number of benzene rings is 1. The summed E-state index contributed by atoms with van der Waals surface area (Å²) in [6.07, 6.45) is -11.9. The third-order valence-corrected chi connectivity index (χ3v) is 2.77. The lowest BCUT2D eigenvalue weighted by atomic mass is 9.92. The Hall–Kier alpha value is -1.48. The Morgan fingerprint density at radius 2 is 1.67 bits per heavy atom. The van der Waals surface area contributed by atoms with Gasteiger partial charge in [0.1, 0.15) is 5.84 Å². The SMILES string of the molecule is NC(CCl)=Nc1cccc(C(O)(C(F)(F)F)C(F)(F)F)c1. The number of amidine groups is 1. The number of halogens is 7. The largest absolute Gasteiger partial charge is 0.430 e. The van der Waals surface area contributed by atoms with Crippen LogP contribution >= 0.6 is 11.6 Å². The lowest BCUT2D eigenvalue weighted by molar-refractivity contribution is -0.376. The predicted octanol–water partition coefficient (Wildman–Crippen LogP) is 3.23. The van der Waals surface area contributed by atoms with E-state index in [1.807, 2.05) is 0 Å². The smallest absolute Gasteiger partial charge is 0.386 e. The van der Waals surface area contributed by atoms with Gasteiger partial charge in [0.15, 0.2) is 0 Å². The minimum atomic E-state index is -5.95. The van der Waals surface area contributed by atoms with Gasteiger partial charge < -0.3 is 10.8 Å². The summed E-state index contributed by atoms with van der Waals surface area (Å²) in [4.78, 5) is 3.53. The molecular formula is C11H9ClF6N2O. The normalized spacial score (nSPS) is 14.4. The molecule has 0 radical (unpaired) electrons. The van der Waals surface area contributed by atoms with E-state index in [0.717, 1.165) is 12.1 Å². The van der Waals surface area contributed by atoms with Crippen LogP contribution < -0.4 is 5.73 Å². The number of alkyl halides is 7. The molecule has 0 aliphatic carbocycles. The maximum Gasteiger partial charge on any atom is 0.430 e. The van der Waals surface area contributed by atoms with E-state index >= 15 is 0 Å². The fourth-order valence-corrected chi connectivity index (χ4v) is 1.54. The van der Waals surface area contributed by atoms with Crippen molar-refractivity contribution in [2.24, 2.45) is 10.7 Å². The molecule has 1 aromatic carbocycles. The number of hydrogen-bond acceptors (Lipinski definition) is 2. The van der Waals surface area contributed by atoms with Crippen molar-refractivity contribution in [3.63, 3.8) is 0 Å². The van der Waals surface area contributed by atoms with Gasteiger partial charge in [-0.15, -0.1) is 11.6 Å². The fourth-order valence-electron chi connectivity index (χ4n) is 1.48. The predicted molar refractivity (Wildman–Crippen MR) is 64.5 cm³/mol. The summed E-state index contributed by atoms with van der Waals surface area (Å²) >= 11 is 5.31. The molecule has 0 spiro atoms. The lowest BCUT2D eigenvalue weighted by Gasteiger charge is -2.32. The summed E-state index contributed by atoms with van der Waals surface area (Å²) in [5, 5.41) is 9.22. The van der Waals surface area contributed by atoms with Crippen LogP contribution in [0.5, 0.6) is 0 Å². The van der Waals surface area contributed by atoms with Gasteiger partial charge >= 0.3 is 12.4 Å². The maximum absolute atomic E-state index is 12.7.